The second-order valence-corrected chi connectivity index (χ2v) is 5.29. The molecule has 0 aliphatic heterocycles. The molecule has 0 amide bonds. The molecule has 1 N–H and O–H groups in total. The van der Waals surface area contributed by atoms with Crippen LogP contribution in [0.3, 0.4) is 0 Å². The van der Waals surface area contributed by atoms with Gasteiger partial charge in [-0.3, -0.25) is 0 Å². The van der Waals surface area contributed by atoms with E-state index in [4.69, 9.17) is 0 Å². The normalized spacial score (nSPS) is 10.9. The number of phenolic OH excluding ortho intramolecular Hbond substituents is 1. The summed E-state index contributed by atoms with van der Waals surface area (Å²) in [5, 5.41) is 12.2. The molecule has 0 fully saturated rings. The number of ether oxygens (including phenoxy) is 1. The molecule has 3 aromatic rings. The van der Waals surface area contributed by atoms with Crippen LogP contribution in [0, 0.1) is 0 Å². The van der Waals surface area contributed by atoms with Crippen LogP contribution in [0.4, 0.5) is 8.78 Å². The standard InChI is InChI=1S/C16H11F2NO2S/c17-16(18)21-14-8-4-2-5-10(14)12-9-22-15(19-12)11-6-1-3-7-13(11)20/h1-9,16,20H. The fourth-order valence-electron chi connectivity index (χ4n) is 2.05. The number of para-hydroxylation sites is 2. The Morgan fingerprint density at radius 3 is 2.41 bits per heavy atom. The Kier molecular flexibility index (Phi) is 4.02. The molecule has 1 aromatic heterocycles. The van der Waals surface area contributed by atoms with Crippen molar-refractivity contribution in [2.75, 3.05) is 0 Å². The number of hydrogen-bond donors (Lipinski definition) is 1. The largest absolute Gasteiger partial charge is 0.507 e. The molecular weight excluding hydrogens is 308 g/mol. The van der Waals surface area contributed by atoms with E-state index in [-0.39, 0.29) is 11.5 Å². The van der Waals surface area contributed by atoms with Crippen molar-refractivity contribution in [3.8, 4) is 33.3 Å². The summed E-state index contributed by atoms with van der Waals surface area (Å²) in [5.41, 5.74) is 1.62. The molecule has 3 rings (SSSR count). The predicted octanol–water partition coefficient (Wildman–Crippen LogP) is 4.78. The van der Waals surface area contributed by atoms with Crippen molar-refractivity contribution in [1.82, 2.24) is 4.98 Å². The van der Waals surface area contributed by atoms with Gasteiger partial charge in [-0.05, 0) is 24.3 Å². The average molecular weight is 319 g/mol. The summed E-state index contributed by atoms with van der Waals surface area (Å²) in [6, 6.07) is 13.3. The van der Waals surface area contributed by atoms with Crippen molar-refractivity contribution in [2.24, 2.45) is 0 Å². The van der Waals surface area contributed by atoms with Gasteiger partial charge < -0.3 is 9.84 Å². The first kappa shape index (κ1) is 14.5. The lowest BCUT2D eigenvalue weighted by Crippen LogP contribution is -2.03. The topological polar surface area (TPSA) is 42.4 Å². The minimum absolute atomic E-state index is 0.0756. The van der Waals surface area contributed by atoms with Gasteiger partial charge in [0.05, 0.1) is 11.3 Å². The third-order valence-electron chi connectivity index (χ3n) is 3.02. The van der Waals surface area contributed by atoms with E-state index in [1.807, 2.05) is 0 Å². The van der Waals surface area contributed by atoms with Crippen LogP contribution in [0.5, 0.6) is 11.5 Å². The van der Waals surface area contributed by atoms with Crippen LogP contribution in [0.25, 0.3) is 21.8 Å². The summed E-state index contributed by atoms with van der Waals surface area (Å²) >= 11 is 1.33. The zero-order chi connectivity index (χ0) is 15.5. The highest BCUT2D eigenvalue weighted by Crippen LogP contribution is 2.36. The summed E-state index contributed by atoms with van der Waals surface area (Å²) in [6.07, 6.45) is 0. The fraction of sp³-hybridized carbons (Fsp3) is 0.0625. The van der Waals surface area contributed by atoms with Gasteiger partial charge in [-0.25, -0.2) is 4.98 Å². The first-order chi connectivity index (χ1) is 10.6. The Morgan fingerprint density at radius 1 is 1.00 bits per heavy atom. The van der Waals surface area contributed by atoms with Crippen LogP contribution in [-0.2, 0) is 0 Å². The Balaban J connectivity index is 2.00. The van der Waals surface area contributed by atoms with Gasteiger partial charge in [0.1, 0.15) is 16.5 Å². The zero-order valence-corrected chi connectivity index (χ0v) is 12.1. The Morgan fingerprint density at radius 2 is 1.68 bits per heavy atom. The maximum atomic E-state index is 12.5. The van der Waals surface area contributed by atoms with Crippen molar-refractivity contribution in [2.45, 2.75) is 6.61 Å². The molecule has 0 aliphatic carbocycles. The average Bonchev–Trinajstić information content (AvgIpc) is 2.97. The second-order valence-electron chi connectivity index (χ2n) is 4.43. The maximum Gasteiger partial charge on any atom is 0.387 e. The number of aromatic nitrogens is 1. The minimum Gasteiger partial charge on any atom is -0.507 e. The number of alkyl halides is 2. The molecule has 112 valence electrons. The van der Waals surface area contributed by atoms with Crippen molar-refractivity contribution < 1.29 is 18.6 Å². The van der Waals surface area contributed by atoms with E-state index >= 15 is 0 Å². The van der Waals surface area contributed by atoms with Crippen LogP contribution in [0.1, 0.15) is 0 Å². The fourth-order valence-corrected chi connectivity index (χ4v) is 2.91. The predicted molar refractivity (Wildman–Crippen MR) is 81.3 cm³/mol. The summed E-state index contributed by atoms with van der Waals surface area (Å²) in [6.45, 7) is -2.89. The molecule has 0 saturated carbocycles. The van der Waals surface area contributed by atoms with Crippen LogP contribution >= 0.6 is 11.3 Å². The van der Waals surface area contributed by atoms with E-state index in [1.165, 1.54) is 17.4 Å². The third kappa shape index (κ3) is 2.92. The third-order valence-corrected chi connectivity index (χ3v) is 3.89. The monoisotopic (exact) mass is 319 g/mol. The Hall–Kier alpha value is -2.47. The molecule has 3 nitrogen and oxygen atoms in total. The van der Waals surface area contributed by atoms with Gasteiger partial charge in [-0.15, -0.1) is 11.3 Å². The van der Waals surface area contributed by atoms with Gasteiger partial charge in [0.15, 0.2) is 0 Å². The number of phenols is 1. The van der Waals surface area contributed by atoms with Crippen molar-refractivity contribution in [3.63, 3.8) is 0 Å². The molecule has 0 atom stereocenters. The van der Waals surface area contributed by atoms with E-state index in [9.17, 15) is 13.9 Å². The zero-order valence-electron chi connectivity index (χ0n) is 11.2. The van der Waals surface area contributed by atoms with Crippen LogP contribution in [0.15, 0.2) is 53.9 Å². The van der Waals surface area contributed by atoms with E-state index in [0.717, 1.165) is 0 Å². The molecule has 0 saturated heterocycles. The smallest absolute Gasteiger partial charge is 0.387 e. The Labute approximate surface area is 129 Å². The molecular formula is C16H11F2NO2S. The van der Waals surface area contributed by atoms with Crippen molar-refractivity contribution >= 4 is 11.3 Å². The van der Waals surface area contributed by atoms with Gasteiger partial charge in [0, 0.05) is 10.9 Å². The van der Waals surface area contributed by atoms with E-state index in [1.54, 1.807) is 47.8 Å². The van der Waals surface area contributed by atoms with E-state index in [2.05, 4.69) is 9.72 Å². The number of rotatable bonds is 4. The number of halogens is 2. The number of benzene rings is 2. The Bertz CT molecular complexity index is 789. The van der Waals surface area contributed by atoms with Gasteiger partial charge in [0.25, 0.3) is 0 Å². The number of nitrogens with zero attached hydrogens (tertiary/aromatic N) is 1. The SMILES string of the molecule is Oc1ccccc1-c1nc(-c2ccccc2OC(F)F)cs1. The number of hydrogen-bond acceptors (Lipinski definition) is 4. The molecule has 0 radical (unpaired) electrons. The lowest BCUT2D eigenvalue weighted by Gasteiger charge is -2.08. The van der Waals surface area contributed by atoms with Crippen LogP contribution < -0.4 is 4.74 Å². The van der Waals surface area contributed by atoms with Crippen LogP contribution in [0.2, 0.25) is 0 Å². The molecule has 22 heavy (non-hydrogen) atoms. The molecule has 0 aliphatic rings. The van der Waals surface area contributed by atoms with Crippen molar-refractivity contribution in [1.29, 1.82) is 0 Å². The van der Waals surface area contributed by atoms with E-state index in [0.29, 0.717) is 21.8 Å². The maximum absolute atomic E-state index is 12.5. The van der Waals surface area contributed by atoms with Gasteiger partial charge in [0.2, 0.25) is 0 Å². The van der Waals surface area contributed by atoms with Gasteiger partial charge in [-0.1, -0.05) is 24.3 Å². The molecule has 1 heterocycles. The first-order valence-electron chi connectivity index (χ1n) is 6.43. The van der Waals surface area contributed by atoms with Crippen LogP contribution in [-0.4, -0.2) is 16.7 Å². The minimum atomic E-state index is -2.89. The highest BCUT2D eigenvalue weighted by atomic mass is 32.1. The quantitative estimate of drug-likeness (QED) is 0.752. The summed E-state index contributed by atoms with van der Waals surface area (Å²) in [4.78, 5) is 4.41. The molecule has 0 spiro atoms. The molecule has 6 heteroatoms. The van der Waals surface area contributed by atoms with Gasteiger partial charge >= 0.3 is 6.61 Å². The summed E-state index contributed by atoms with van der Waals surface area (Å²) in [5.74, 6) is 0.201. The number of thiazole rings is 1. The molecule has 0 unspecified atom stereocenters. The van der Waals surface area contributed by atoms with Gasteiger partial charge in [-0.2, -0.15) is 8.78 Å². The second kappa shape index (κ2) is 6.11. The number of aromatic hydroxyl groups is 1. The molecule has 0 bridgehead atoms. The lowest BCUT2D eigenvalue weighted by atomic mass is 10.1. The highest BCUT2D eigenvalue weighted by molar-refractivity contribution is 7.13. The summed E-state index contributed by atoms with van der Waals surface area (Å²) in [7, 11) is 0. The van der Waals surface area contributed by atoms with Crippen molar-refractivity contribution in [3.05, 3.63) is 53.9 Å². The lowest BCUT2D eigenvalue weighted by molar-refractivity contribution is -0.0494. The first-order valence-corrected chi connectivity index (χ1v) is 7.31. The summed E-state index contributed by atoms with van der Waals surface area (Å²) < 4.78 is 29.5. The highest BCUT2D eigenvalue weighted by Gasteiger charge is 2.15. The molecule has 2 aromatic carbocycles. The van der Waals surface area contributed by atoms with E-state index < -0.39 is 6.61 Å².